The van der Waals surface area contributed by atoms with E-state index in [0.29, 0.717) is 0 Å². The summed E-state index contributed by atoms with van der Waals surface area (Å²) in [6, 6.07) is 1.47. The van der Waals surface area contributed by atoms with Crippen LogP contribution in [0.15, 0.2) is 48.4 Å². The van der Waals surface area contributed by atoms with Gasteiger partial charge in [-0.3, -0.25) is 5.32 Å². The Morgan fingerprint density at radius 1 is 1.30 bits per heavy atom. The van der Waals surface area contributed by atoms with Crippen LogP contribution in [0.3, 0.4) is 0 Å². The topological polar surface area (TPSA) is 58.6 Å². The minimum Gasteiger partial charge on any atom is -0.444 e. The van der Waals surface area contributed by atoms with Crippen LogP contribution in [0.2, 0.25) is 5.02 Å². The lowest BCUT2D eigenvalue weighted by molar-refractivity contribution is 0.0635. The Bertz CT molecular complexity index is 901. The molecule has 122 valence electrons. The molecule has 1 atom stereocenters. The zero-order chi connectivity index (χ0) is 21.4. The van der Waals surface area contributed by atoms with Gasteiger partial charge in [-0.1, -0.05) is 41.8 Å². The van der Waals surface area contributed by atoms with Crippen LogP contribution in [-0.2, 0) is 4.74 Å². The molecule has 2 aromatic rings. The van der Waals surface area contributed by atoms with Crippen molar-refractivity contribution in [2.75, 3.05) is 5.32 Å². The van der Waals surface area contributed by atoms with Gasteiger partial charge >= 0.3 is 6.09 Å². The number of halogens is 1. The van der Waals surface area contributed by atoms with Gasteiger partial charge in [0.05, 0.1) is 12.5 Å². The second kappa shape index (κ2) is 7.02. The molecule has 23 heavy (non-hydrogen) atoms. The average molecular weight is 339 g/mol. The summed E-state index contributed by atoms with van der Waals surface area (Å²) in [6.45, 7) is 5.07. The van der Waals surface area contributed by atoms with E-state index in [-0.39, 0.29) is 21.8 Å². The first kappa shape index (κ1) is 11.5. The van der Waals surface area contributed by atoms with Gasteiger partial charge in [0.25, 0.3) is 0 Å². The van der Waals surface area contributed by atoms with Crippen LogP contribution in [0.25, 0.3) is 0 Å². The Kier molecular flexibility index (Phi) is 3.51. The summed E-state index contributed by atoms with van der Waals surface area (Å²) in [5.41, 5.74) is -0.863. The van der Waals surface area contributed by atoms with Crippen molar-refractivity contribution in [3.8, 4) is 0 Å². The van der Waals surface area contributed by atoms with Crippen LogP contribution in [0.4, 0.5) is 10.5 Å². The predicted octanol–water partition coefficient (Wildman–Crippen LogP) is 4.77. The molecule has 4 nitrogen and oxygen atoms in total. The first-order valence-corrected chi connectivity index (χ1v) is 7.25. The predicted molar refractivity (Wildman–Crippen MR) is 91.8 cm³/mol. The fraction of sp³-hybridized carbons (Fsp3) is 0.278. The van der Waals surface area contributed by atoms with Crippen LogP contribution in [0.5, 0.6) is 0 Å². The average Bonchev–Trinajstić information content (AvgIpc) is 2.58. The molecule has 1 unspecified atom stereocenters. The maximum absolute atomic E-state index is 12.1. The highest BCUT2D eigenvalue weighted by Crippen LogP contribution is 2.31. The summed E-state index contributed by atoms with van der Waals surface area (Å²) in [5.74, 6) is 0. The van der Waals surface area contributed by atoms with Crippen LogP contribution < -0.4 is 5.32 Å². The third-order valence-corrected chi connectivity index (χ3v) is 2.97. The fourth-order valence-electron chi connectivity index (χ4n) is 1.84. The second-order valence-corrected chi connectivity index (χ2v) is 6.24. The molecule has 2 N–H and O–H groups in total. The van der Waals surface area contributed by atoms with Gasteiger partial charge in [-0.2, -0.15) is 0 Å². The molecule has 1 amide bonds. The number of aliphatic hydroxyl groups is 1. The van der Waals surface area contributed by atoms with Crippen molar-refractivity contribution in [1.82, 2.24) is 0 Å². The van der Waals surface area contributed by atoms with Crippen LogP contribution >= 0.6 is 11.6 Å². The summed E-state index contributed by atoms with van der Waals surface area (Å²) in [6.07, 6.45) is -2.40. The van der Waals surface area contributed by atoms with Crippen molar-refractivity contribution in [3.05, 3.63) is 64.6 Å². The van der Waals surface area contributed by atoms with Gasteiger partial charge in [0.2, 0.25) is 0 Å². The standard InChI is InChI=1S/C18H20ClNO3/c1-18(2,3)23-17(22)20-15-10-9-13(19)11-14(15)16(21)12-7-5-4-6-8-12/h4-11,16,21H,1-3H3,(H,20,22)/i4D,5D,6D,7D,8D. The zero-order valence-electron chi connectivity index (χ0n) is 18.0. The molecule has 0 aliphatic carbocycles. The molecule has 0 heterocycles. The highest BCUT2D eigenvalue weighted by molar-refractivity contribution is 6.30. The highest BCUT2D eigenvalue weighted by atomic mass is 35.5. The second-order valence-electron chi connectivity index (χ2n) is 5.80. The van der Waals surface area contributed by atoms with E-state index in [2.05, 4.69) is 5.32 Å². The Morgan fingerprint density at radius 2 is 1.96 bits per heavy atom. The van der Waals surface area contributed by atoms with Crippen molar-refractivity contribution in [1.29, 1.82) is 0 Å². The molecule has 0 saturated heterocycles. The minimum atomic E-state index is -1.63. The van der Waals surface area contributed by atoms with Crippen LogP contribution in [0.1, 0.15) is 44.9 Å². The number of carbonyl (C=O) groups excluding carboxylic acids is 1. The first-order valence-electron chi connectivity index (χ1n) is 9.37. The van der Waals surface area contributed by atoms with Gasteiger partial charge < -0.3 is 9.84 Å². The van der Waals surface area contributed by atoms with E-state index < -0.39 is 48.0 Å². The van der Waals surface area contributed by atoms with Crippen molar-refractivity contribution in [2.45, 2.75) is 32.5 Å². The van der Waals surface area contributed by atoms with Gasteiger partial charge in [0, 0.05) is 10.6 Å². The molecule has 0 aliphatic heterocycles. The Balaban J connectivity index is 2.54. The lowest BCUT2D eigenvalue weighted by Gasteiger charge is -2.21. The van der Waals surface area contributed by atoms with Crippen molar-refractivity contribution in [2.24, 2.45) is 0 Å². The molecule has 0 aliphatic rings. The number of hydrogen-bond donors (Lipinski definition) is 2. The molecule has 0 bridgehead atoms. The molecule has 5 heteroatoms. The number of carbonyl (C=O) groups is 1. The molecule has 2 rings (SSSR count). The number of rotatable bonds is 3. The normalized spacial score (nSPS) is 15.6. The number of ether oxygens (including phenoxy) is 1. The fourth-order valence-corrected chi connectivity index (χ4v) is 2.02. The first-order chi connectivity index (χ1) is 12.8. The highest BCUT2D eigenvalue weighted by Gasteiger charge is 2.20. The third kappa shape index (κ3) is 4.98. The molecule has 0 saturated carbocycles. The Morgan fingerprint density at radius 3 is 2.57 bits per heavy atom. The van der Waals surface area contributed by atoms with E-state index >= 15 is 0 Å². The molecule has 0 radical (unpaired) electrons. The molecule has 0 spiro atoms. The van der Waals surface area contributed by atoms with Gasteiger partial charge in [0.1, 0.15) is 11.7 Å². The monoisotopic (exact) mass is 338 g/mol. The number of aliphatic hydroxyl groups excluding tert-OH is 1. The number of nitrogens with one attached hydrogen (secondary N) is 1. The SMILES string of the molecule is [2H]c1c([2H])c([2H])c(C(O)c2cc(Cl)ccc2NC(=O)OC(C)(C)C)c([2H])c1[2H]. The largest absolute Gasteiger partial charge is 0.444 e. The summed E-state index contributed by atoms with van der Waals surface area (Å²) in [4.78, 5) is 12.1. The zero-order valence-corrected chi connectivity index (χ0v) is 13.7. The van der Waals surface area contributed by atoms with Crippen molar-refractivity contribution < 1.29 is 21.5 Å². The molecule has 0 aromatic heterocycles. The van der Waals surface area contributed by atoms with E-state index in [9.17, 15) is 9.90 Å². The van der Waals surface area contributed by atoms with E-state index in [4.69, 9.17) is 23.2 Å². The maximum Gasteiger partial charge on any atom is 0.412 e. The number of benzene rings is 2. The van der Waals surface area contributed by atoms with E-state index in [0.717, 1.165) is 0 Å². The lowest BCUT2D eigenvalue weighted by atomic mass is 10.00. The smallest absolute Gasteiger partial charge is 0.412 e. The van der Waals surface area contributed by atoms with Crippen LogP contribution in [-0.4, -0.2) is 16.8 Å². The summed E-state index contributed by atoms with van der Waals surface area (Å²) >= 11 is 6.01. The number of anilines is 1. The van der Waals surface area contributed by atoms with Gasteiger partial charge in [-0.05, 0) is 44.5 Å². The van der Waals surface area contributed by atoms with Crippen LogP contribution in [0, 0.1) is 0 Å². The Hall–Kier alpha value is -2.04. The van der Waals surface area contributed by atoms with E-state index in [1.807, 2.05) is 0 Å². The Labute approximate surface area is 148 Å². The van der Waals surface area contributed by atoms with Gasteiger partial charge in [0.15, 0.2) is 0 Å². The molecular weight excluding hydrogens is 314 g/mol. The van der Waals surface area contributed by atoms with Gasteiger partial charge in [-0.25, -0.2) is 4.79 Å². The third-order valence-electron chi connectivity index (χ3n) is 2.74. The molecular formula is C18H20ClNO3. The quantitative estimate of drug-likeness (QED) is 0.847. The van der Waals surface area contributed by atoms with Gasteiger partial charge in [-0.15, -0.1) is 0 Å². The van der Waals surface area contributed by atoms with E-state index in [1.165, 1.54) is 18.2 Å². The maximum atomic E-state index is 12.1. The van der Waals surface area contributed by atoms with E-state index in [1.54, 1.807) is 20.8 Å². The minimum absolute atomic E-state index is 0.0666. The molecule has 0 fully saturated rings. The summed E-state index contributed by atoms with van der Waals surface area (Å²) in [5, 5.41) is 13.5. The summed E-state index contributed by atoms with van der Waals surface area (Å²) in [7, 11) is 0. The summed E-state index contributed by atoms with van der Waals surface area (Å²) < 4.78 is 44.4. The number of amides is 1. The molecule has 2 aromatic carbocycles. The lowest BCUT2D eigenvalue weighted by Crippen LogP contribution is -2.27. The van der Waals surface area contributed by atoms with Crippen molar-refractivity contribution in [3.63, 3.8) is 0 Å². The van der Waals surface area contributed by atoms with Crippen molar-refractivity contribution >= 4 is 23.4 Å². The number of hydrogen-bond acceptors (Lipinski definition) is 3.